The van der Waals surface area contributed by atoms with Gasteiger partial charge in [-0.15, -0.1) is 0 Å². The Labute approximate surface area is 138 Å². The van der Waals surface area contributed by atoms with E-state index < -0.39 is 0 Å². The summed E-state index contributed by atoms with van der Waals surface area (Å²) in [5.74, 6) is 1.03. The van der Waals surface area contributed by atoms with Crippen LogP contribution in [0.1, 0.15) is 25.0 Å². The number of para-hydroxylation sites is 1. The summed E-state index contributed by atoms with van der Waals surface area (Å²) in [4.78, 5) is 0. The van der Waals surface area contributed by atoms with Gasteiger partial charge >= 0.3 is 0 Å². The summed E-state index contributed by atoms with van der Waals surface area (Å²) in [7, 11) is 0. The van der Waals surface area contributed by atoms with Gasteiger partial charge in [0.1, 0.15) is 11.4 Å². The highest BCUT2D eigenvalue weighted by Gasteiger charge is 2.31. The normalized spacial score (nSPS) is 15.4. The monoisotopic (exact) mass is 365 g/mol. The Hall–Kier alpha value is -1.19. The number of ether oxygens (including phenoxy) is 1. The molecule has 0 aromatic heterocycles. The van der Waals surface area contributed by atoms with Crippen LogP contribution < -0.4 is 10.1 Å². The van der Waals surface area contributed by atoms with Gasteiger partial charge in [0.15, 0.2) is 0 Å². The van der Waals surface area contributed by atoms with Crippen molar-refractivity contribution in [2.24, 2.45) is 0 Å². The van der Waals surface area contributed by atoms with E-state index in [9.17, 15) is 0 Å². The summed E-state index contributed by atoms with van der Waals surface area (Å²) in [6.45, 7) is 4.97. The van der Waals surface area contributed by atoms with Crippen LogP contribution in [0.25, 0.3) is 0 Å². The molecule has 2 aromatic rings. The Balaban J connectivity index is 1.80. The molecule has 0 spiro atoms. The zero-order valence-electron chi connectivity index (χ0n) is 12.0. The van der Waals surface area contributed by atoms with Crippen molar-refractivity contribution >= 4 is 33.2 Å². The van der Waals surface area contributed by atoms with E-state index in [1.807, 2.05) is 18.2 Å². The van der Waals surface area contributed by atoms with Crippen molar-refractivity contribution in [3.05, 3.63) is 57.0 Å². The Morgan fingerprint density at radius 1 is 1.29 bits per heavy atom. The van der Waals surface area contributed by atoms with Crippen molar-refractivity contribution in [1.29, 1.82) is 0 Å². The van der Waals surface area contributed by atoms with E-state index in [0.717, 1.165) is 33.9 Å². The van der Waals surface area contributed by atoms with Gasteiger partial charge in [-0.3, -0.25) is 0 Å². The smallest absolute Gasteiger partial charge is 0.128 e. The van der Waals surface area contributed by atoms with Crippen molar-refractivity contribution in [2.75, 3.05) is 5.32 Å². The molecule has 1 heterocycles. The minimum Gasteiger partial charge on any atom is -0.487 e. The topological polar surface area (TPSA) is 21.3 Å². The third-order valence-electron chi connectivity index (χ3n) is 3.57. The standard InChI is InChI=1S/C17H17BrClNO/c1-17(2)9-11-4-3-5-12(16(11)21-17)10-20-15-7-6-13(19)8-14(15)18/h3-8,20H,9-10H2,1-2H3. The molecule has 4 heteroatoms. The second kappa shape index (κ2) is 5.54. The van der Waals surface area contributed by atoms with Crippen LogP contribution in [0.3, 0.4) is 0 Å². The van der Waals surface area contributed by atoms with E-state index in [0.29, 0.717) is 0 Å². The van der Waals surface area contributed by atoms with Gasteiger partial charge < -0.3 is 10.1 Å². The van der Waals surface area contributed by atoms with Crippen LogP contribution >= 0.6 is 27.5 Å². The predicted octanol–water partition coefficient (Wildman–Crippen LogP) is 5.43. The van der Waals surface area contributed by atoms with E-state index in [-0.39, 0.29) is 5.60 Å². The van der Waals surface area contributed by atoms with Crippen LogP contribution in [-0.2, 0) is 13.0 Å². The maximum absolute atomic E-state index is 6.09. The molecule has 0 atom stereocenters. The minimum absolute atomic E-state index is 0.112. The van der Waals surface area contributed by atoms with Gasteiger partial charge in [-0.25, -0.2) is 0 Å². The SMILES string of the molecule is CC1(C)Cc2cccc(CNc3ccc(Cl)cc3Br)c2O1. The van der Waals surface area contributed by atoms with Gasteiger partial charge in [0.25, 0.3) is 0 Å². The average molecular weight is 367 g/mol. The molecule has 1 aliphatic rings. The van der Waals surface area contributed by atoms with Crippen LogP contribution in [0.4, 0.5) is 5.69 Å². The van der Waals surface area contributed by atoms with E-state index in [2.05, 4.69) is 53.3 Å². The molecule has 110 valence electrons. The molecule has 3 rings (SSSR count). The van der Waals surface area contributed by atoms with Gasteiger partial charge in [-0.2, -0.15) is 0 Å². The Kier molecular flexibility index (Phi) is 3.89. The number of rotatable bonds is 3. The molecule has 0 aliphatic carbocycles. The van der Waals surface area contributed by atoms with E-state index in [1.54, 1.807) is 0 Å². The molecule has 0 radical (unpaired) electrons. The summed E-state index contributed by atoms with van der Waals surface area (Å²) >= 11 is 9.49. The average Bonchev–Trinajstić information content (AvgIpc) is 2.72. The molecule has 21 heavy (non-hydrogen) atoms. The highest BCUT2D eigenvalue weighted by molar-refractivity contribution is 9.10. The van der Waals surface area contributed by atoms with Gasteiger partial charge in [0.05, 0.1) is 0 Å². The molecular weight excluding hydrogens is 350 g/mol. The molecule has 0 bridgehead atoms. The third kappa shape index (κ3) is 3.19. The van der Waals surface area contributed by atoms with E-state index in [1.165, 1.54) is 11.1 Å². The summed E-state index contributed by atoms with van der Waals surface area (Å²) in [6, 6.07) is 12.1. The fourth-order valence-corrected chi connectivity index (χ4v) is 3.46. The first-order valence-corrected chi connectivity index (χ1v) is 8.10. The molecular formula is C17H17BrClNO. The largest absolute Gasteiger partial charge is 0.487 e. The van der Waals surface area contributed by atoms with Crippen LogP contribution in [0, 0.1) is 0 Å². The maximum atomic E-state index is 6.09. The van der Waals surface area contributed by atoms with Crippen molar-refractivity contribution in [3.8, 4) is 5.75 Å². The van der Waals surface area contributed by atoms with Crippen LogP contribution in [0.15, 0.2) is 40.9 Å². The van der Waals surface area contributed by atoms with Gasteiger partial charge in [0.2, 0.25) is 0 Å². The van der Waals surface area contributed by atoms with Crippen molar-refractivity contribution in [1.82, 2.24) is 0 Å². The van der Waals surface area contributed by atoms with Crippen LogP contribution in [0.5, 0.6) is 5.75 Å². The summed E-state index contributed by atoms with van der Waals surface area (Å²) < 4.78 is 7.05. The lowest BCUT2D eigenvalue weighted by Gasteiger charge is -2.18. The first-order valence-electron chi connectivity index (χ1n) is 6.93. The van der Waals surface area contributed by atoms with E-state index in [4.69, 9.17) is 16.3 Å². The lowest BCUT2D eigenvalue weighted by atomic mass is 10.0. The molecule has 0 saturated carbocycles. The molecule has 0 saturated heterocycles. The van der Waals surface area contributed by atoms with Crippen molar-refractivity contribution < 1.29 is 4.74 Å². The molecule has 1 N–H and O–H groups in total. The summed E-state index contributed by atoms with van der Waals surface area (Å²) in [5.41, 5.74) is 3.38. The van der Waals surface area contributed by atoms with E-state index >= 15 is 0 Å². The molecule has 2 aromatic carbocycles. The lowest BCUT2D eigenvalue weighted by molar-refractivity contribution is 0.137. The molecule has 0 fully saturated rings. The highest BCUT2D eigenvalue weighted by Crippen LogP contribution is 2.38. The number of hydrogen-bond donors (Lipinski definition) is 1. The third-order valence-corrected chi connectivity index (χ3v) is 4.46. The van der Waals surface area contributed by atoms with Gasteiger partial charge in [-0.05, 0) is 53.5 Å². The van der Waals surface area contributed by atoms with Crippen molar-refractivity contribution in [2.45, 2.75) is 32.4 Å². The molecule has 0 amide bonds. The second-order valence-corrected chi connectivity index (χ2v) is 7.21. The first-order chi connectivity index (χ1) is 9.94. The molecule has 1 aliphatic heterocycles. The number of nitrogens with one attached hydrogen (secondary N) is 1. The molecule has 2 nitrogen and oxygen atoms in total. The minimum atomic E-state index is -0.112. The number of hydrogen-bond acceptors (Lipinski definition) is 2. The Morgan fingerprint density at radius 2 is 2.10 bits per heavy atom. The summed E-state index contributed by atoms with van der Waals surface area (Å²) in [5, 5.41) is 4.15. The zero-order valence-corrected chi connectivity index (χ0v) is 14.4. The number of anilines is 1. The highest BCUT2D eigenvalue weighted by atomic mass is 79.9. The Morgan fingerprint density at radius 3 is 2.86 bits per heavy atom. The first kappa shape index (κ1) is 14.7. The predicted molar refractivity (Wildman–Crippen MR) is 91.3 cm³/mol. The second-order valence-electron chi connectivity index (χ2n) is 5.92. The molecule has 0 unspecified atom stereocenters. The number of halogens is 2. The quantitative estimate of drug-likeness (QED) is 0.782. The number of benzene rings is 2. The fourth-order valence-electron chi connectivity index (χ4n) is 2.64. The Bertz CT molecular complexity index is 684. The maximum Gasteiger partial charge on any atom is 0.128 e. The van der Waals surface area contributed by atoms with Crippen molar-refractivity contribution in [3.63, 3.8) is 0 Å². The van der Waals surface area contributed by atoms with Gasteiger partial charge in [-0.1, -0.05) is 29.8 Å². The summed E-state index contributed by atoms with van der Waals surface area (Å²) in [6.07, 6.45) is 0.959. The lowest BCUT2D eigenvalue weighted by Crippen LogP contribution is -2.25. The number of fused-ring (bicyclic) bond motifs is 1. The van der Waals surface area contributed by atoms with Crippen LogP contribution in [-0.4, -0.2) is 5.60 Å². The van der Waals surface area contributed by atoms with Crippen LogP contribution in [0.2, 0.25) is 5.02 Å². The zero-order chi connectivity index (χ0) is 15.0. The fraction of sp³-hybridized carbons (Fsp3) is 0.294. The van der Waals surface area contributed by atoms with Gasteiger partial charge in [0, 0.05) is 33.7 Å².